The fourth-order valence-corrected chi connectivity index (χ4v) is 7.63. The van der Waals surface area contributed by atoms with Gasteiger partial charge in [-0.15, -0.1) is 0 Å². The van der Waals surface area contributed by atoms with Gasteiger partial charge in [0.05, 0.1) is 25.2 Å². The number of carbonyl (C=O) groups excluding carboxylic acids is 2. The van der Waals surface area contributed by atoms with Crippen molar-refractivity contribution in [2.45, 2.75) is 264 Å². The van der Waals surface area contributed by atoms with Gasteiger partial charge in [0, 0.05) is 6.42 Å². The number of nitrogens with one attached hydrogen (secondary N) is 1. The van der Waals surface area contributed by atoms with Crippen LogP contribution in [0.5, 0.6) is 0 Å². The van der Waals surface area contributed by atoms with E-state index in [0.29, 0.717) is 19.3 Å². The quantitative estimate of drug-likeness (QED) is 0.0322. The van der Waals surface area contributed by atoms with Crippen molar-refractivity contribution in [3.8, 4) is 0 Å². The number of amides is 1. The van der Waals surface area contributed by atoms with E-state index >= 15 is 0 Å². The summed E-state index contributed by atoms with van der Waals surface area (Å²) in [5, 5.41) is 23.7. The Morgan fingerprint density at radius 1 is 0.500 bits per heavy atom. The molecule has 3 N–H and O–H groups in total. The predicted octanol–water partition coefficient (Wildman–Crippen LogP) is 15.2. The number of aliphatic hydroxyl groups is 2. The average molecular weight is 840 g/mol. The lowest BCUT2D eigenvalue weighted by Crippen LogP contribution is -2.46. The molecule has 3 atom stereocenters. The molecular weight excluding hydrogens is 743 g/mol. The Hall–Kier alpha value is -2.44. The van der Waals surface area contributed by atoms with Gasteiger partial charge in [0.1, 0.15) is 6.10 Å². The van der Waals surface area contributed by atoms with Gasteiger partial charge in [0.15, 0.2) is 0 Å². The van der Waals surface area contributed by atoms with E-state index in [9.17, 15) is 19.8 Å². The number of unbranched alkanes of at least 4 members (excludes halogenated alkanes) is 27. The second-order valence-electron chi connectivity index (χ2n) is 17.3. The Bertz CT molecular complexity index is 1080. The normalized spacial score (nSPS) is 13.8. The molecule has 0 bridgehead atoms. The molecule has 0 rings (SSSR count). The molecule has 0 radical (unpaired) electrons. The summed E-state index contributed by atoms with van der Waals surface area (Å²) in [5.41, 5.74) is 0. The van der Waals surface area contributed by atoms with Crippen molar-refractivity contribution in [2.24, 2.45) is 0 Å². The molecule has 0 heterocycles. The second kappa shape index (κ2) is 47.6. The number of aliphatic hydroxyl groups excluding tert-OH is 2. The van der Waals surface area contributed by atoms with Crippen LogP contribution in [-0.4, -0.2) is 46.9 Å². The van der Waals surface area contributed by atoms with Crippen molar-refractivity contribution < 1.29 is 24.5 Å². The van der Waals surface area contributed by atoms with Gasteiger partial charge in [-0.25, -0.2) is 0 Å². The first-order chi connectivity index (χ1) is 29.5. The average Bonchev–Trinajstić information content (AvgIpc) is 3.24. The van der Waals surface area contributed by atoms with Gasteiger partial charge in [-0.3, -0.25) is 9.59 Å². The number of hydrogen-bond donors (Lipinski definition) is 3. The summed E-state index contributed by atoms with van der Waals surface area (Å²) < 4.78 is 5.89. The molecule has 0 fully saturated rings. The molecule has 1 amide bonds. The zero-order chi connectivity index (χ0) is 43.8. The van der Waals surface area contributed by atoms with Crippen LogP contribution in [0.25, 0.3) is 0 Å². The van der Waals surface area contributed by atoms with E-state index in [4.69, 9.17) is 4.74 Å². The zero-order valence-corrected chi connectivity index (χ0v) is 39.6. The minimum atomic E-state index is -0.806. The molecule has 0 aliphatic carbocycles. The van der Waals surface area contributed by atoms with Crippen molar-refractivity contribution in [3.05, 3.63) is 60.8 Å². The Morgan fingerprint density at radius 2 is 0.900 bits per heavy atom. The highest BCUT2D eigenvalue weighted by molar-refractivity contribution is 5.77. The molecule has 348 valence electrons. The lowest BCUT2D eigenvalue weighted by atomic mass is 10.0. The number of allylic oxidation sites excluding steroid dienone is 10. The van der Waals surface area contributed by atoms with Crippen LogP contribution in [0.3, 0.4) is 0 Å². The van der Waals surface area contributed by atoms with Crippen LogP contribution in [0.2, 0.25) is 0 Å². The van der Waals surface area contributed by atoms with Gasteiger partial charge in [-0.2, -0.15) is 0 Å². The first-order valence-corrected chi connectivity index (χ1v) is 25.6. The lowest BCUT2D eigenvalue weighted by Gasteiger charge is -2.24. The minimum absolute atomic E-state index is 0.0297. The second-order valence-corrected chi connectivity index (χ2v) is 17.3. The third-order valence-electron chi connectivity index (χ3n) is 11.5. The summed E-state index contributed by atoms with van der Waals surface area (Å²) >= 11 is 0. The largest absolute Gasteiger partial charge is 0.462 e. The maximum Gasteiger partial charge on any atom is 0.306 e. The number of carbonyl (C=O) groups is 2. The Labute approximate surface area is 371 Å². The van der Waals surface area contributed by atoms with E-state index in [2.05, 4.69) is 38.2 Å². The highest BCUT2D eigenvalue weighted by atomic mass is 16.5. The molecule has 60 heavy (non-hydrogen) atoms. The van der Waals surface area contributed by atoms with Gasteiger partial charge in [-0.05, 0) is 38.5 Å². The molecule has 0 aliphatic heterocycles. The number of rotatable bonds is 45. The molecule has 0 aromatic rings. The van der Waals surface area contributed by atoms with Crippen LogP contribution < -0.4 is 5.32 Å². The maximum atomic E-state index is 13.2. The number of ether oxygens (including phenoxy) is 1. The van der Waals surface area contributed by atoms with Crippen LogP contribution in [0, 0.1) is 0 Å². The highest BCUT2D eigenvalue weighted by Gasteiger charge is 2.24. The van der Waals surface area contributed by atoms with E-state index in [-0.39, 0.29) is 24.9 Å². The van der Waals surface area contributed by atoms with Gasteiger partial charge in [0.2, 0.25) is 5.91 Å². The Morgan fingerprint density at radius 3 is 1.33 bits per heavy atom. The summed E-state index contributed by atoms with van der Waals surface area (Å²) in [6, 6.07) is -0.724. The van der Waals surface area contributed by atoms with Gasteiger partial charge in [-0.1, -0.05) is 255 Å². The topological polar surface area (TPSA) is 95.9 Å². The molecule has 6 heteroatoms. The highest BCUT2D eigenvalue weighted by Crippen LogP contribution is 2.17. The summed E-state index contributed by atoms with van der Waals surface area (Å²) in [7, 11) is 0. The Kier molecular flexibility index (Phi) is 45.7. The van der Waals surface area contributed by atoms with E-state index < -0.39 is 18.2 Å². The van der Waals surface area contributed by atoms with E-state index in [0.717, 1.165) is 57.8 Å². The monoisotopic (exact) mass is 840 g/mol. The van der Waals surface area contributed by atoms with Gasteiger partial charge >= 0.3 is 5.97 Å². The van der Waals surface area contributed by atoms with Crippen LogP contribution in [0.4, 0.5) is 0 Å². The minimum Gasteiger partial charge on any atom is -0.462 e. The van der Waals surface area contributed by atoms with Crippen molar-refractivity contribution >= 4 is 11.9 Å². The van der Waals surface area contributed by atoms with Crippen molar-refractivity contribution in [3.63, 3.8) is 0 Å². The molecule has 0 spiro atoms. The van der Waals surface area contributed by atoms with Gasteiger partial charge in [0.25, 0.3) is 0 Å². The van der Waals surface area contributed by atoms with E-state index in [1.165, 1.54) is 141 Å². The summed E-state index contributed by atoms with van der Waals surface area (Å²) in [6.07, 6.45) is 58.6. The molecular formula is C54H97NO5. The van der Waals surface area contributed by atoms with Crippen LogP contribution in [0.15, 0.2) is 60.8 Å². The first kappa shape index (κ1) is 57.6. The molecule has 6 nitrogen and oxygen atoms in total. The van der Waals surface area contributed by atoms with Crippen LogP contribution in [-0.2, 0) is 14.3 Å². The molecule has 0 saturated carbocycles. The van der Waals surface area contributed by atoms with Crippen molar-refractivity contribution in [1.82, 2.24) is 5.32 Å². The fourth-order valence-electron chi connectivity index (χ4n) is 7.63. The van der Waals surface area contributed by atoms with Crippen molar-refractivity contribution in [2.75, 3.05) is 6.61 Å². The molecule has 0 aliphatic rings. The first-order valence-electron chi connectivity index (χ1n) is 25.6. The number of hydrogen-bond acceptors (Lipinski definition) is 5. The number of esters is 1. The fraction of sp³-hybridized carbons (Fsp3) is 0.778. The predicted molar refractivity (Wildman–Crippen MR) is 259 cm³/mol. The summed E-state index contributed by atoms with van der Waals surface area (Å²) in [5.74, 6) is -0.542. The molecule has 0 aromatic heterocycles. The standard InChI is InChI=1S/C54H97NO5/c1-4-7-10-13-16-19-22-25-26-29-31-34-37-40-43-46-52(57)51(49-56)55-53(58)48-50(45-42-39-36-33-30-27-23-20-17-14-11-8-5-2)60-54(59)47-44-41-38-35-32-28-24-21-18-15-12-9-6-3/h8,11,14,17,20,23,27,30,33,36,50-52,56-57H,4-7,9-10,12-13,15-16,18-19,21-22,24-26,28-29,31-32,34-35,37-49H2,1-3H3,(H,55,58)/b11-8+,17-14+,23-20-,30-27-,36-33+. The van der Waals surface area contributed by atoms with Crippen molar-refractivity contribution in [1.29, 1.82) is 0 Å². The third-order valence-corrected chi connectivity index (χ3v) is 11.5. The van der Waals surface area contributed by atoms with Crippen LogP contribution in [0.1, 0.15) is 245 Å². The zero-order valence-electron chi connectivity index (χ0n) is 39.6. The molecule has 0 saturated heterocycles. The lowest BCUT2D eigenvalue weighted by molar-refractivity contribution is -0.151. The van der Waals surface area contributed by atoms with E-state index in [1.807, 2.05) is 48.6 Å². The Balaban J connectivity index is 4.64. The smallest absolute Gasteiger partial charge is 0.306 e. The molecule has 3 unspecified atom stereocenters. The van der Waals surface area contributed by atoms with Gasteiger partial charge < -0.3 is 20.3 Å². The summed E-state index contributed by atoms with van der Waals surface area (Å²) in [6.45, 7) is 6.32. The molecule has 0 aromatic carbocycles. The maximum absolute atomic E-state index is 13.2. The summed E-state index contributed by atoms with van der Waals surface area (Å²) in [4.78, 5) is 26.1. The SMILES string of the molecule is CC/C=C/C=C/C=C\C=C/C=C/CCCC(CC(=O)NC(CO)C(O)CCCCCCCCCCCCCCCCC)OC(=O)CCCCCCCCCCCCCCC. The third kappa shape index (κ3) is 42.3. The van der Waals surface area contributed by atoms with E-state index in [1.54, 1.807) is 0 Å². The van der Waals surface area contributed by atoms with Crippen LogP contribution >= 0.6 is 0 Å².